The molecule has 1 atom stereocenters. The minimum absolute atomic E-state index is 0.107. The molecule has 0 bridgehead atoms. The maximum atomic E-state index is 13.8. The summed E-state index contributed by atoms with van der Waals surface area (Å²) in [5, 5.41) is 3.36. The van der Waals surface area contributed by atoms with Gasteiger partial charge in [0.15, 0.2) is 0 Å². The van der Waals surface area contributed by atoms with Crippen molar-refractivity contribution in [2.45, 2.75) is 25.8 Å². The van der Waals surface area contributed by atoms with E-state index >= 15 is 0 Å². The van der Waals surface area contributed by atoms with Gasteiger partial charge in [0.2, 0.25) is 0 Å². The molecule has 0 saturated heterocycles. The normalized spacial score (nSPS) is 12.4. The van der Waals surface area contributed by atoms with Crippen LogP contribution < -0.4 is 5.32 Å². The zero-order valence-corrected chi connectivity index (χ0v) is 13.5. The first-order chi connectivity index (χ1) is 10.1. The molecule has 0 amide bonds. The first kappa shape index (κ1) is 16.1. The summed E-state index contributed by atoms with van der Waals surface area (Å²) in [6.45, 7) is 2.87. The van der Waals surface area contributed by atoms with Gasteiger partial charge >= 0.3 is 0 Å². The van der Waals surface area contributed by atoms with E-state index in [0.717, 1.165) is 18.5 Å². The van der Waals surface area contributed by atoms with Gasteiger partial charge in [-0.15, -0.1) is 0 Å². The third kappa shape index (κ3) is 4.35. The second-order valence-corrected chi connectivity index (χ2v) is 5.83. The average molecular weight is 354 g/mol. The maximum Gasteiger partial charge on any atom is 0.137 e. The monoisotopic (exact) mass is 353 g/mol. The summed E-state index contributed by atoms with van der Waals surface area (Å²) in [6, 6.07) is 11.7. The lowest BCUT2D eigenvalue weighted by Crippen LogP contribution is -2.24. The predicted molar refractivity (Wildman–Crippen MR) is 85.2 cm³/mol. The van der Waals surface area contributed by atoms with E-state index < -0.39 is 0 Å². The molecule has 0 fully saturated rings. The van der Waals surface area contributed by atoms with Crippen LogP contribution in [0, 0.1) is 11.6 Å². The van der Waals surface area contributed by atoms with E-state index in [1.54, 1.807) is 18.2 Å². The minimum Gasteiger partial charge on any atom is -0.310 e. The highest BCUT2D eigenvalue weighted by Gasteiger charge is 2.15. The highest BCUT2D eigenvalue weighted by molar-refractivity contribution is 9.10. The van der Waals surface area contributed by atoms with E-state index in [1.807, 2.05) is 12.1 Å². The molecule has 0 aromatic heterocycles. The van der Waals surface area contributed by atoms with Crippen LogP contribution in [0.1, 0.15) is 30.5 Å². The van der Waals surface area contributed by atoms with Crippen molar-refractivity contribution in [3.63, 3.8) is 0 Å². The largest absolute Gasteiger partial charge is 0.310 e. The molecule has 1 nitrogen and oxygen atoms in total. The zero-order chi connectivity index (χ0) is 15.2. The Balaban J connectivity index is 2.25. The quantitative estimate of drug-likeness (QED) is 0.769. The molecule has 2 aromatic rings. The summed E-state index contributed by atoms with van der Waals surface area (Å²) in [6.07, 6.45) is 1.46. The predicted octanol–water partition coefficient (Wildman–Crippen LogP) is 5.01. The minimum atomic E-state index is -0.302. The number of nitrogens with one attached hydrogen (secondary N) is 1. The zero-order valence-electron chi connectivity index (χ0n) is 11.9. The summed E-state index contributed by atoms with van der Waals surface area (Å²) < 4.78 is 28.0. The lowest BCUT2D eigenvalue weighted by molar-refractivity contribution is 0.509. The molecule has 112 valence electrons. The molecule has 1 N–H and O–H groups in total. The van der Waals surface area contributed by atoms with Crippen LogP contribution in [0.4, 0.5) is 8.78 Å². The second-order valence-electron chi connectivity index (χ2n) is 4.98. The molecule has 0 saturated carbocycles. The van der Waals surface area contributed by atoms with Crippen LogP contribution in [0.15, 0.2) is 46.9 Å². The van der Waals surface area contributed by atoms with E-state index in [0.29, 0.717) is 16.5 Å². The van der Waals surface area contributed by atoms with Gasteiger partial charge in [-0.05, 0) is 64.6 Å². The first-order valence-electron chi connectivity index (χ1n) is 7.03. The van der Waals surface area contributed by atoms with Crippen LogP contribution >= 0.6 is 15.9 Å². The van der Waals surface area contributed by atoms with Crippen LogP contribution in [0.3, 0.4) is 0 Å². The van der Waals surface area contributed by atoms with Crippen LogP contribution in [0.2, 0.25) is 0 Å². The van der Waals surface area contributed by atoms with Gasteiger partial charge in [-0.1, -0.05) is 31.2 Å². The van der Waals surface area contributed by atoms with Crippen LogP contribution in [-0.2, 0) is 6.42 Å². The van der Waals surface area contributed by atoms with Gasteiger partial charge in [0.1, 0.15) is 11.6 Å². The van der Waals surface area contributed by atoms with E-state index in [-0.39, 0.29) is 17.7 Å². The van der Waals surface area contributed by atoms with Gasteiger partial charge in [-0.25, -0.2) is 8.78 Å². The fourth-order valence-electron chi connectivity index (χ4n) is 2.24. The van der Waals surface area contributed by atoms with E-state index in [9.17, 15) is 8.78 Å². The summed E-state index contributed by atoms with van der Waals surface area (Å²) in [7, 11) is 0. The fourth-order valence-corrected chi connectivity index (χ4v) is 2.49. The number of benzene rings is 2. The number of halogens is 3. The maximum absolute atomic E-state index is 13.8. The van der Waals surface area contributed by atoms with E-state index in [1.165, 1.54) is 12.1 Å². The molecule has 4 heteroatoms. The second kappa shape index (κ2) is 7.66. The summed E-state index contributed by atoms with van der Waals surface area (Å²) in [4.78, 5) is 0. The third-order valence-corrected chi connectivity index (χ3v) is 4.01. The van der Waals surface area contributed by atoms with Crippen molar-refractivity contribution in [2.75, 3.05) is 6.54 Å². The number of hydrogen-bond acceptors (Lipinski definition) is 1. The Kier molecular flexibility index (Phi) is 5.88. The van der Waals surface area contributed by atoms with Gasteiger partial charge < -0.3 is 5.32 Å². The molecule has 0 aliphatic rings. The molecule has 0 radical (unpaired) electrons. The molecule has 21 heavy (non-hydrogen) atoms. The van der Waals surface area contributed by atoms with Crippen molar-refractivity contribution >= 4 is 15.9 Å². The third-order valence-electron chi connectivity index (χ3n) is 3.37. The Morgan fingerprint density at radius 1 is 1.10 bits per heavy atom. The first-order valence-corrected chi connectivity index (χ1v) is 7.83. The van der Waals surface area contributed by atoms with Gasteiger partial charge in [-0.2, -0.15) is 0 Å². The lowest BCUT2D eigenvalue weighted by Gasteiger charge is -2.20. The van der Waals surface area contributed by atoms with E-state index in [2.05, 4.69) is 28.2 Å². The number of hydrogen-bond donors (Lipinski definition) is 1. The molecule has 1 unspecified atom stereocenters. The Bertz CT molecular complexity index is 601. The van der Waals surface area contributed by atoms with Gasteiger partial charge in [0.05, 0.1) is 4.47 Å². The molecule has 2 rings (SSSR count). The highest BCUT2D eigenvalue weighted by Crippen LogP contribution is 2.24. The average Bonchev–Trinajstić information content (AvgIpc) is 2.48. The van der Waals surface area contributed by atoms with Crippen molar-refractivity contribution in [2.24, 2.45) is 0 Å². The van der Waals surface area contributed by atoms with Gasteiger partial charge in [0, 0.05) is 6.04 Å². The van der Waals surface area contributed by atoms with Crippen molar-refractivity contribution in [3.8, 4) is 0 Å². The summed E-state index contributed by atoms with van der Waals surface area (Å²) >= 11 is 3.15. The van der Waals surface area contributed by atoms with E-state index in [4.69, 9.17) is 0 Å². The Labute approximate surface area is 132 Å². The standard InChI is InChI=1S/C17H18BrF2N/c1-2-9-21-17(11-12-5-3-4-6-15(12)19)13-7-8-14(18)16(20)10-13/h3-8,10,17,21H,2,9,11H2,1H3. The SMILES string of the molecule is CCCNC(Cc1ccccc1F)c1ccc(Br)c(F)c1. The number of rotatable bonds is 6. The van der Waals surface area contributed by atoms with Crippen LogP contribution in [-0.4, -0.2) is 6.54 Å². The summed E-state index contributed by atoms with van der Waals surface area (Å²) in [5.74, 6) is -0.525. The Hall–Kier alpha value is -1.26. The molecule has 2 aromatic carbocycles. The Morgan fingerprint density at radius 3 is 2.52 bits per heavy atom. The molecule has 0 spiro atoms. The lowest BCUT2D eigenvalue weighted by atomic mass is 9.98. The van der Waals surface area contributed by atoms with Gasteiger partial charge in [0.25, 0.3) is 0 Å². The highest BCUT2D eigenvalue weighted by atomic mass is 79.9. The van der Waals surface area contributed by atoms with Crippen LogP contribution in [0.25, 0.3) is 0 Å². The van der Waals surface area contributed by atoms with Crippen molar-refractivity contribution in [1.29, 1.82) is 0 Å². The smallest absolute Gasteiger partial charge is 0.137 e. The van der Waals surface area contributed by atoms with Gasteiger partial charge in [-0.3, -0.25) is 0 Å². The Morgan fingerprint density at radius 2 is 1.86 bits per heavy atom. The van der Waals surface area contributed by atoms with Crippen molar-refractivity contribution in [3.05, 3.63) is 69.7 Å². The molecule has 0 heterocycles. The molecule has 0 aliphatic heterocycles. The van der Waals surface area contributed by atoms with Crippen molar-refractivity contribution in [1.82, 2.24) is 5.32 Å². The van der Waals surface area contributed by atoms with Crippen molar-refractivity contribution < 1.29 is 8.78 Å². The summed E-state index contributed by atoms with van der Waals surface area (Å²) in [5.41, 5.74) is 1.46. The fraction of sp³-hybridized carbons (Fsp3) is 0.294. The molecule has 0 aliphatic carbocycles. The molecular formula is C17H18BrF2N. The topological polar surface area (TPSA) is 12.0 Å². The molecular weight excluding hydrogens is 336 g/mol. The van der Waals surface area contributed by atoms with Crippen LogP contribution in [0.5, 0.6) is 0 Å².